The molecular weight excluding hydrogens is 342 g/mol. The molecule has 0 unspecified atom stereocenters. The minimum atomic E-state index is -0.211. The van der Waals surface area contributed by atoms with Gasteiger partial charge in [-0.05, 0) is 30.4 Å². The summed E-state index contributed by atoms with van der Waals surface area (Å²) in [6.45, 7) is 1.14. The Labute approximate surface area is 147 Å². The van der Waals surface area contributed by atoms with Crippen LogP contribution in [0.1, 0.15) is 41.1 Å². The summed E-state index contributed by atoms with van der Waals surface area (Å²) in [5, 5.41) is 17.6. The van der Waals surface area contributed by atoms with Crippen LogP contribution < -0.4 is 5.32 Å². The van der Waals surface area contributed by atoms with Gasteiger partial charge in [-0.3, -0.25) is 9.89 Å². The van der Waals surface area contributed by atoms with E-state index in [1.165, 1.54) is 0 Å². The standard InChI is InChI=1S/C16H17N5O3S/c22-15(12-8-11(19-20-12)10-4-7-25-9-10)17-5-3-14-18-16(24-21-14)13-2-1-6-23-13/h4,7-9,13H,1-3,5-6H2,(H,17,22)(H,19,20)/t13-/m1/s1. The molecular formula is C16H17N5O3S. The van der Waals surface area contributed by atoms with Crippen LogP contribution in [0.3, 0.4) is 0 Å². The van der Waals surface area contributed by atoms with Crippen LogP contribution >= 0.6 is 11.3 Å². The van der Waals surface area contributed by atoms with Gasteiger partial charge in [-0.1, -0.05) is 5.16 Å². The van der Waals surface area contributed by atoms with Crippen molar-refractivity contribution in [2.45, 2.75) is 25.4 Å². The summed E-state index contributed by atoms with van der Waals surface area (Å²) in [6, 6.07) is 3.70. The van der Waals surface area contributed by atoms with Gasteiger partial charge in [-0.25, -0.2) is 0 Å². The average molecular weight is 359 g/mol. The lowest BCUT2D eigenvalue weighted by atomic mass is 10.2. The summed E-state index contributed by atoms with van der Waals surface area (Å²) < 4.78 is 10.7. The fraction of sp³-hybridized carbons (Fsp3) is 0.375. The van der Waals surface area contributed by atoms with E-state index in [0.29, 0.717) is 30.4 Å². The van der Waals surface area contributed by atoms with Crippen LogP contribution in [0.15, 0.2) is 27.4 Å². The van der Waals surface area contributed by atoms with Crippen molar-refractivity contribution in [3.63, 3.8) is 0 Å². The second-order valence-corrected chi connectivity index (χ2v) is 6.52. The number of hydrogen-bond donors (Lipinski definition) is 2. The molecule has 0 spiro atoms. The number of nitrogens with zero attached hydrogens (tertiary/aromatic N) is 3. The summed E-state index contributed by atoms with van der Waals surface area (Å²) in [7, 11) is 0. The Morgan fingerprint density at radius 1 is 1.48 bits per heavy atom. The highest BCUT2D eigenvalue weighted by Crippen LogP contribution is 2.26. The zero-order chi connectivity index (χ0) is 17.1. The van der Waals surface area contributed by atoms with Crippen molar-refractivity contribution in [3.8, 4) is 11.3 Å². The maximum atomic E-state index is 12.2. The molecule has 130 valence electrons. The number of aromatic nitrogens is 4. The van der Waals surface area contributed by atoms with E-state index in [1.54, 1.807) is 17.4 Å². The number of carbonyl (C=O) groups is 1. The Balaban J connectivity index is 1.29. The first-order chi connectivity index (χ1) is 12.3. The molecule has 3 aromatic heterocycles. The second kappa shape index (κ2) is 7.16. The molecule has 0 aromatic carbocycles. The number of carbonyl (C=O) groups excluding carboxylic acids is 1. The number of nitrogens with one attached hydrogen (secondary N) is 2. The number of aromatic amines is 1. The van der Waals surface area contributed by atoms with E-state index in [-0.39, 0.29) is 12.0 Å². The molecule has 0 bridgehead atoms. The molecule has 1 atom stereocenters. The van der Waals surface area contributed by atoms with Crippen LogP contribution in [-0.4, -0.2) is 39.4 Å². The zero-order valence-electron chi connectivity index (χ0n) is 13.4. The van der Waals surface area contributed by atoms with Gasteiger partial charge < -0.3 is 14.6 Å². The van der Waals surface area contributed by atoms with E-state index in [2.05, 4.69) is 25.7 Å². The van der Waals surface area contributed by atoms with E-state index in [4.69, 9.17) is 9.26 Å². The van der Waals surface area contributed by atoms with Crippen LogP contribution in [0.5, 0.6) is 0 Å². The van der Waals surface area contributed by atoms with Crippen LogP contribution in [0, 0.1) is 0 Å². The third kappa shape index (κ3) is 3.62. The van der Waals surface area contributed by atoms with E-state index in [0.717, 1.165) is 30.7 Å². The molecule has 1 fully saturated rings. The lowest BCUT2D eigenvalue weighted by Gasteiger charge is -2.01. The zero-order valence-corrected chi connectivity index (χ0v) is 14.2. The second-order valence-electron chi connectivity index (χ2n) is 5.74. The highest BCUT2D eigenvalue weighted by atomic mass is 32.1. The Kier molecular flexibility index (Phi) is 4.57. The summed E-state index contributed by atoms with van der Waals surface area (Å²) in [5.41, 5.74) is 2.17. The lowest BCUT2D eigenvalue weighted by molar-refractivity contribution is 0.0835. The van der Waals surface area contributed by atoms with Gasteiger partial charge in [0.25, 0.3) is 11.8 Å². The van der Waals surface area contributed by atoms with E-state index in [9.17, 15) is 4.79 Å². The Morgan fingerprint density at radius 2 is 2.44 bits per heavy atom. The van der Waals surface area contributed by atoms with Gasteiger partial charge in [-0.2, -0.15) is 21.4 Å². The Bertz CT molecular complexity index is 836. The quantitative estimate of drug-likeness (QED) is 0.700. The van der Waals surface area contributed by atoms with Gasteiger partial charge in [0.05, 0.1) is 5.69 Å². The average Bonchev–Trinajstić information content (AvgIpc) is 3.42. The molecule has 1 aliphatic rings. The third-order valence-electron chi connectivity index (χ3n) is 3.96. The van der Waals surface area contributed by atoms with Crippen molar-refractivity contribution >= 4 is 17.2 Å². The monoisotopic (exact) mass is 359 g/mol. The lowest BCUT2D eigenvalue weighted by Crippen LogP contribution is -2.26. The largest absolute Gasteiger partial charge is 0.368 e. The van der Waals surface area contributed by atoms with Gasteiger partial charge >= 0.3 is 0 Å². The molecule has 0 saturated carbocycles. The molecule has 4 rings (SSSR count). The van der Waals surface area contributed by atoms with Crippen molar-refractivity contribution in [1.29, 1.82) is 0 Å². The van der Waals surface area contributed by atoms with Gasteiger partial charge in [0, 0.05) is 30.5 Å². The highest BCUT2D eigenvalue weighted by Gasteiger charge is 2.23. The number of rotatable bonds is 6. The van der Waals surface area contributed by atoms with Crippen LogP contribution in [-0.2, 0) is 11.2 Å². The summed E-state index contributed by atoms with van der Waals surface area (Å²) in [6.07, 6.45) is 2.32. The van der Waals surface area contributed by atoms with Crippen molar-refractivity contribution in [1.82, 2.24) is 25.7 Å². The minimum absolute atomic E-state index is 0.0867. The molecule has 1 saturated heterocycles. The molecule has 1 aliphatic heterocycles. The number of ether oxygens (including phenoxy) is 1. The SMILES string of the molecule is O=C(NCCc1noc([C@H]2CCCO2)n1)c1cc(-c2ccsc2)n[nH]1. The fourth-order valence-corrected chi connectivity index (χ4v) is 3.30. The molecule has 0 aliphatic carbocycles. The van der Waals surface area contributed by atoms with Gasteiger partial charge in [0.1, 0.15) is 11.8 Å². The number of thiophene rings is 1. The highest BCUT2D eigenvalue weighted by molar-refractivity contribution is 7.08. The van der Waals surface area contributed by atoms with E-state index >= 15 is 0 Å². The molecule has 3 aromatic rings. The minimum Gasteiger partial charge on any atom is -0.368 e. The van der Waals surface area contributed by atoms with Gasteiger partial charge in [0.15, 0.2) is 5.82 Å². The summed E-state index contributed by atoms with van der Waals surface area (Å²) >= 11 is 1.59. The molecule has 1 amide bonds. The Hall–Kier alpha value is -2.52. The summed E-state index contributed by atoms with van der Waals surface area (Å²) in [5.74, 6) is 0.874. The summed E-state index contributed by atoms with van der Waals surface area (Å²) in [4.78, 5) is 16.5. The number of hydrogen-bond acceptors (Lipinski definition) is 7. The topological polar surface area (TPSA) is 106 Å². The number of amides is 1. The molecule has 9 heteroatoms. The first-order valence-corrected chi connectivity index (χ1v) is 9.04. The van der Waals surface area contributed by atoms with Crippen LogP contribution in [0.25, 0.3) is 11.3 Å². The van der Waals surface area contributed by atoms with Crippen LogP contribution in [0.2, 0.25) is 0 Å². The first kappa shape index (κ1) is 16.0. The number of H-pyrrole nitrogens is 1. The van der Waals surface area contributed by atoms with Crippen molar-refractivity contribution in [3.05, 3.63) is 40.3 Å². The van der Waals surface area contributed by atoms with E-state index in [1.807, 2.05) is 16.8 Å². The van der Waals surface area contributed by atoms with Crippen molar-refractivity contribution in [2.24, 2.45) is 0 Å². The molecule has 8 nitrogen and oxygen atoms in total. The van der Waals surface area contributed by atoms with Gasteiger partial charge in [0.2, 0.25) is 0 Å². The van der Waals surface area contributed by atoms with E-state index < -0.39 is 0 Å². The smallest absolute Gasteiger partial charge is 0.269 e. The van der Waals surface area contributed by atoms with Crippen LogP contribution in [0.4, 0.5) is 0 Å². The predicted molar refractivity (Wildman–Crippen MR) is 90.2 cm³/mol. The van der Waals surface area contributed by atoms with Crippen molar-refractivity contribution in [2.75, 3.05) is 13.2 Å². The third-order valence-corrected chi connectivity index (χ3v) is 4.65. The normalized spacial score (nSPS) is 17.0. The molecule has 2 N–H and O–H groups in total. The maximum Gasteiger partial charge on any atom is 0.269 e. The fourth-order valence-electron chi connectivity index (χ4n) is 2.65. The predicted octanol–water partition coefficient (Wildman–Crippen LogP) is 2.35. The molecule has 25 heavy (non-hydrogen) atoms. The maximum absolute atomic E-state index is 12.2. The molecule has 0 radical (unpaired) electrons. The van der Waals surface area contributed by atoms with Gasteiger partial charge in [-0.15, -0.1) is 0 Å². The van der Waals surface area contributed by atoms with Crippen molar-refractivity contribution < 1.29 is 14.1 Å². The Morgan fingerprint density at radius 3 is 3.24 bits per heavy atom. The molecule has 4 heterocycles. The first-order valence-electron chi connectivity index (χ1n) is 8.10.